The number of carbonyl (C=O) groups excluding carboxylic acids is 1. The first-order valence-electron chi connectivity index (χ1n) is 4.93. The molecule has 0 aromatic heterocycles. The molecule has 1 aliphatic heterocycles. The van der Waals surface area contributed by atoms with E-state index in [4.69, 9.17) is 0 Å². The molecule has 86 valence electrons. The van der Waals surface area contributed by atoms with E-state index in [1.54, 1.807) is 0 Å². The number of hydrogen-bond acceptors (Lipinski definition) is 1. The van der Waals surface area contributed by atoms with Crippen LogP contribution in [0.25, 0.3) is 0 Å². The van der Waals surface area contributed by atoms with Gasteiger partial charge < -0.3 is 4.90 Å². The predicted molar refractivity (Wildman–Crippen MR) is 59.1 cm³/mol. The van der Waals surface area contributed by atoms with Crippen LogP contribution in [-0.4, -0.2) is 23.9 Å². The van der Waals surface area contributed by atoms with Crippen LogP contribution >= 0.6 is 15.9 Å². The average Bonchev–Trinajstić information content (AvgIpc) is 2.18. The molecule has 1 saturated heterocycles. The molecule has 1 aliphatic rings. The van der Waals surface area contributed by atoms with Crippen LogP contribution < -0.4 is 0 Å². The van der Waals surface area contributed by atoms with E-state index >= 15 is 0 Å². The first-order chi connectivity index (χ1) is 7.49. The third kappa shape index (κ3) is 1.96. The minimum atomic E-state index is -0.696. The lowest BCUT2D eigenvalue weighted by Gasteiger charge is -2.37. The molecule has 1 amide bonds. The van der Waals surface area contributed by atoms with Gasteiger partial charge >= 0.3 is 0 Å². The largest absolute Gasteiger partial charge is 0.338 e. The lowest BCUT2D eigenvalue weighted by molar-refractivity contribution is 0.0525. The highest BCUT2D eigenvalue weighted by molar-refractivity contribution is 9.10. The number of hydrogen-bond donors (Lipinski definition) is 0. The summed E-state index contributed by atoms with van der Waals surface area (Å²) in [5, 5.41) is 0. The van der Waals surface area contributed by atoms with E-state index in [2.05, 4.69) is 15.9 Å². The Kier molecular flexibility index (Phi) is 2.97. The van der Waals surface area contributed by atoms with Crippen LogP contribution in [0.4, 0.5) is 8.78 Å². The molecule has 0 atom stereocenters. The minimum absolute atomic E-state index is 0.0264. The summed E-state index contributed by atoms with van der Waals surface area (Å²) >= 11 is 2.87. The van der Waals surface area contributed by atoms with Gasteiger partial charge in [0, 0.05) is 13.1 Å². The van der Waals surface area contributed by atoms with E-state index in [1.807, 2.05) is 6.92 Å². The zero-order valence-corrected chi connectivity index (χ0v) is 10.2. The van der Waals surface area contributed by atoms with Crippen molar-refractivity contribution in [3.63, 3.8) is 0 Å². The molecule has 2 rings (SSSR count). The van der Waals surface area contributed by atoms with Crippen LogP contribution in [-0.2, 0) is 0 Å². The molecule has 0 spiro atoms. The van der Waals surface area contributed by atoms with Crippen LogP contribution in [0.3, 0.4) is 0 Å². The van der Waals surface area contributed by atoms with Crippen molar-refractivity contribution in [2.75, 3.05) is 13.1 Å². The fraction of sp³-hybridized carbons (Fsp3) is 0.364. The quantitative estimate of drug-likeness (QED) is 0.728. The lowest BCUT2D eigenvalue weighted by atomic mass is 10.0. The molecule has 0 N–H and O–H groups in total. The van der Waals surface area contributed by atoms with Crippen LogP contribution in [0.2, 0.25) is 0 Å². The third-order valence-corrected chi connectivity index (χ3v) is 3.20. The Morgan fingerprint density at radius 3 is 2.56 bits per heavy atom. The van der Waals surface area contributed by atoms with Crippen molar-refractivity contribution in [3.05, 3.63) is 33.8 Å². The second-order valence-electron chi connectivity index (χ2n) is 4.06. The van der Waals surface area contributed by atoms with Gasteiger partial charge in [-0.2, -0.15) is 0 Å². The summed E-state index contributed by atoms with van der Waals surface area (Å²) in [5.41, 5.74) is -0.201. The van der Waals surface area contributed by atoms with E-state index in [0.29, 0.717) is 19.0 Å². The van der Waals surface area contributed by atoms with Gasteiger partial charge in [-0.15, -0.1) is 0 Å². The Morgan fingerprint density at radius 2 is 2.00 bits per heavy atom. The topological polar surface area (TPSA) is 20.3 Å². The molecular weight excluding hydrogens is 280 g/mol. The molecule has 0 radical (unpaired) electrons. The van der Waals surface area contributed by atoms with Gasteiger partial charge in [-0.1, -0.05) is 6.92 Å². The summed E-state index contributed by atoms with van der Waals surface area (Å²) in [6, 6.07) is 1.91. The lowest BCUT2D eigenvalue weighted by Crippen LogP contribution is -2.48. The zero-order chi connectivity index (χ0) is 11.9. The smallest absolute Gasteiger partial charge is 0.256 e. The highest BCUT2D eigenvalue weighted by Crippen LogP contribution is 2.23. The summed E-state index contributed by atoms with van der Waals surface area (Å²) in [5.74, 6) is -1.33. The second-order valence-corrected chi connectivity index (χ2v) is 4.92. The van der Waals surface area contributed by atoms with Gasteiger partial charge in [-0.25, -0.2) is 8.78 Å². The summed E-state index contributed by atoms with van der Waals surface area (Å²) in [4.78, 5) is 13.3. The number of benzene rings is 1. The van der Waals surface area contributed by atoms with Crippen LogP contribution in [0.1, 0.15) is 17.3 Å². The molecule has 0 saturated carbocycles. The van der Waals surface area contributed by atoms with Crippen molar-refractivity contribution in [1.29, 1.82) is 0 Å². The van der Waals surface area contributed by atoms with E-state index in [-0.39, 0.29) is 10.0 Å². The number of likely N-dealkylation sites (tertiary alicyclic amines) is 1. The maximum Gasteiger partial charge on any atom is 0.256 e. The molecule has 5 heteroatoms. The predicted octanol–water partition coefficient (Wildman–Crippen LogP) is 2.82. The second kappa shape index (κ2) is 4.13. The molecule has 1 heterocycles. The van der Waals surface area contributed by atoms with Gasteiger partial charge in [0.2, 0.25) is 0 Å². The van der Waals surface area contributed by atoms with Gasteiger partial charge in [0.25, 0.3) is 5.91 Å². The maximum absolute atomic E-state index is 13.5. The Balaban J connectivity index is 2.27. The van der Waals surface area contributed by atoms with Crippen molar-refractivity contribution in [1.82, 2.24) is 4.90 Å². The Bertz CT molecular complexity index is 444. The Morgan fingerprint density at radius 1 is 1.38 bits per heavy atom. The third-order valence-electron chi connectivity index (χ3n) is 2.59. The zero-order valence-electron chi connectivity index (χ0n) is 8.64. The summed E-state index contributed by atoms with van der Waals surface area (Å²) in [6.45, 7) is 3.22. The molecule has 0 unspecified atom stereocenters. The van der Waals surface area contributed by atoms with Gasteiger partial charge in [0.1, 0.15) is 11.6 Å². The first-order valence-corrected chi connectivity index (χ1v) is 5.72. The van der Waals surface area contributed by atoms with Crippen LogP contribution in [0, 0.1) is 17.6 Å². The standard InChI is InChI=1S/C11H10BrF2NO/c1-6-4-15(5-6)11(16)7-2-10(14)8(12)3-9(7)13/h2-3,6H,4-5H2,1H3. The molecule has 1 aromatic carbocycles. The van der Waals surface area contributed by atoms with E-state index in [9.17, 15) is 13.6 Å². The number of rotatable bonds is 1. The normalized spacial score (nSPS) is 16.1. The molecular formula is C11H10BrF2NO. The molecule has 0 aliphatic carbocycles. The SMILES string of the molecule is CC1CN(C(=O)c2cc(F)c(Br)cc2F)C1. The molecule has 1 aromatic rings. The van der Waals surface area contributed by atoms with E-state index < -0.39 is 17.5 Å². The van der Waals surface area contributed by atoms with Gasteiger partial charge in [-0.3, -0.25) is 4.79 Å². The molecule has 2 nitrogen and oxygen atoms in total. The Labute approximate surface area is 100 Å². The van der Waals surface area contributed by atoms with Gasteiger partial charge in [0.05, 0.1) is 10.0 Å². The van der Waals surface area contributed by atoms with Crippen LogP contribution in [0.5, 0.6) is 0 Å². The highest BCUT2D eigenvalue weighted by atomic mass is 79.9. The van der Waals surface area contributed by atoms with Crippen molar-refractivity contribution in [2.24, 2.45) is 5.92 Å². The average molecular weight is 290 g/mol. The molecule has 0 bridgehead atoms. The van der Waals surface area contributed by atoms with Gasteiger partial charge in [-0.05, 0) is 34.0 Å². The van der Waals surface area contributed by atoms with Crippen molar-refractivity contribution >= 4 is 21.8 Å². The van der Waals surface area contributed by atoms with Gasteiger partial charge in [0.15, 0.2) is 0 Å². The molecule has 1 fully saturated rings. The summed E-state index contributed by atoms with van der Waals surface area (Å²) in [6.07, 6.45) is 0. The van der Waals surface area contributed by atoms with Crippen molar-refractivity contribution < 1.29 is 13.6 Å². The van der Waals surface area contributed by atoms with Crippen molar-refractivity contribution in [2.45, 2.75) is 6.92 Å². The van der Waals surface area contributed by atoms with Crippen molar-refractivity contribution in [3.8, 4) is 0 Å². The monoisotopic (exact) mass is 289 g/mol. The minimum Gasteiger partial charge on any atom is -0.338 e. The van der Waals surface area contributed by atoms with E-state index in [0.717, 1.165) is 12.1 Å². The highest BCUT2D eigenvalue weighted by Gasteiger charge is 2.29. The molecule has 16 heavy (non-hydrogen) atoms. The number of amides is 1. The maximum atomic E-state index is 13.5. The first kappa shape index (κ1) is 11.5. The number of carbonyl (C=O) groups is 1. The number of nitrogens with zero attached hydrogens (tertiary/aromatic N) is 1. The Hall–Kier alpha value is -0.970. The van der Waals surface area contributed by atoms with Crippen LogP contribution in [0.15, 0.2) is 16.6 Å². The fourth-order valence-electron chi connectivity index (χ4n) is 1.72. The summed E-state index contributed by atoms with van der Waals surface area (Å²) in [7, 11) is 0. The van der Waals surface area contributed by atoms with E-state index in [1.165, 1.54) is 4.90 Å². The summed E-state index contributed by atoms with van der Waals surface area (Å²) < 4.78 is 26.7. The number of halogens is 3. The fourth-order valence-corrected chi connectivity index (χ4v) is 2.04.